The Kier molecular flexibility index (Phi) is 5.60. The smallest absolute Gasteiger partial charge is 0.161 e. The summed E-state index contributed by atoms with van der Waals surface area (Å²) in [5.74, 6) is 1.67. The molecule has 0 fully saturated rings. The Balaban J connectivity index is 2.44. The summed E-state index contributed by atoms with van der Waals surface area (Å²) in [4.78, 5) is 9.30. The van der Waals surface area contributed by atoms with Crippen molar-refractivity contribution >= 4 is 40.0 Å². The fraction of sp³-hybridized carbons (Fsp3) is 0.333. The maximum Gasteiger partial charge on any atom is 0.161 e. The molecule has 0 amide bonds. The molecule has 0 aliphatic heterocycles. The van der Waals surface area contributed by atoms with E-state index in [4.69, 9.17) is 11.6 Å². The zero-order valence-corrected chi connectivity index (χ0v) is 14.5. The maximum atomic E-state index is 5.93. The highest BCUT2D eigenvalue weighted by Gasteiger charge is 2.12. The van der Waals surface area contributed by atoms with Gasteiger partial charge in [0, 0.05) is 17.1 Å². The first-order chi connectivity index (χ1) is 9.65. The van der Waals surface area contributed by atoms with E-state index in [0.717, 1.165) is 50.9 Å². The first-order valence-corrected chi connectivity index (χ1v) is 8.17. The minimum Gasteiger partial charge on any atom is -0.369 e. The molecule has 0 atom stereocenters. The highest BCUT2D eigenvalue weighted by molar-refractivity contribution is 14.1. The largest absolute Gasteiger partial charge is 0.369 e. The van der Waals surface area contributed by atoms with Crippen LogP contribution in [0.1, 0.15) is 26.0 Å². The number of hydrogen-bond donors (Lipinski definition) is 1. The quantitative estimate of drug-likeness (QED) is 0.732. The second kappa shape index (κ2) is 7.22. The van der Waals surface area contributed by atoms with Crippen LogP contribution in [-0.4, -0.2) is 16.5 Å². The summed E-state index contributed by atoms with van der Waals surface area (Å²) >= 11 is 8.24. The zero-order valence-electron chi connectivity index (χ0n) is 11.6. The van der Waals surface area contributed by atoms with Gasteiger partial charge in [-0.1, -0.05) is 25.4 Å². The van der Waals surface area contributed by atoms with Crippen molar-refractivity contribution in [2.75, 3.05) is 11.9 Å². The number of benzene rings is 1. The van der Waals surface area contributed by atoms with E-state index in [1.54, 1.807) is 0 Å². The molecule has 0 aliphatic carbocycles. The Morgan fingerprint density at radius 1 is 1.15 bits per heavy atom. The van der Waals surface area contributed by atoms with Crippen molar-refractivity contribution in [2.24, 2.45) is 0 Å². The van der Waals surface area contributed by atoms with E-state index in [0.29, 0.717) is 0 Å². The maximum absolute atomic E-state index is 5.93. The van der Waals surface area contributed by atoms with Crippen molar-refractivity contribution in [1.29, 1.82) is 0 Å². The molecule has 0 aliphatic rings. The normalized spacial score (nSPS) is 10.6. The highest BCUT2D eigenvalue weighted by atomic mass is 127. The Bertz CT molecular complexity index is 584. The number of halogens is 2. The van der Waals surface area contributed by atoms with Gasteiger partial charge in [0.2, 0.25) is 0 Å². The number of nitrogens with zero attached hydrogens (tertiary/aromatic N) is 2. The van der Waals surface area contributed by atoms with E-state index in [1.807, 2.05) is 24.3 Å². The first-order valence-electron chi connectivity index (χ1n) is 6.72. The second-order valence-corrected chi connectivity index (χ2v) is 5.96. The minimum absolute atomic E-state index is 0.722. The van der Waals surface area contributed by atoms with Crippen LogP contribution in [0.2, 0.25) is 5.02 Å². The molecule has 1 aromatic heterocycles. The summed E-state index contributed by atoms with van der Waals surface area (Å²) in [5.41, 5.74) is 2.06. The SMILES string of the molecule is CCCNc1nc(-c2ccc(Cl)cc2)nc(CC)c1I. The monoisotopic (exact) mass is 401 g/mol. The molecule has 0 radical (unpaired) electrons. The Morgan fingerprint density at radius 2 is 1.85 bits per heavy atom. The molecule has 0 spiro atoms. The van der Waals surface area contributed by atoms with E-state index in [2.05, 4.69) is 51.7 Å². The van der Waals surface area contributed by atoms with Gasteiger partial charge in [0.05, 0.1) is 9.26 Å². The Morgan fingerprint density at radius 3 is 2.45 bits per heavy atom. The van der Waals surface area contributed by atoms with Gasteiger partial charge >= 0.3 is 0 Å². The average molecular weight is 402 g/mol. The van der Waals surface area contributed by atoms with E-state index < -0.39 is 0 Å². The molecule has 106 valence electrons. The number of nitrogens with one attached hydrogen (secondary N) is 1. The van der Waals surface area contributed by atoms with Crippen molar-refractivity contribution < 1.29 is 0 Å². The molecule has 3 nitrogen and oxygen atoms in total. The fourth-order valence-electron chi connectivity index (χ4n) is 1.82. The first kappa shape index (κ1) is 15.5. The van der Waals surface area contributed by atoms with Crippen LogP contribution < -0.4 is 5.32 Å². The van der Waals surface area contributed by atoms with E-state index >= 15 is 0 Å². The molecule has 5 heteroatoms. The van der Waals surface area contributed by atoms with Crippen molar-refractivity contribution in [3.05, 3.63) is 38.6 Å². The lowest BCUT2D eigenvalue weighted by molar-refractivity contribution is 0.943. The molecule has 2 aromatic rings. The summed E-state index contributed by atoms with van der Waals surface area (Å²) in [6.07, 6.45) is 1.96. The lowest BCUT2D eigenvalue weighted by Gasteiger charge is -2.12. The molecule has 1 N–H and O–H groups in total. The molecule has 1 aromatic carbocycles. The summed E-state index contributed by atoms with van der Waals surface area (Å²) in [6.45, 7) is 5.16. The van der Waals surface area contributed by atoms with Crippen LogP contribution in [0, 0.1) is 3.57 Å². The number of anilines is 1. The Labute approximate surface area is 138 Å². The summed E-state index contributed by atoms with van der Waals surface area (Å²) in [6, 6.07) is 7.63. The van der Waals surface area contributed by atoms with Gasteiger partial charge in [0.25, 0.3) is 0 Å². The molecule has 2 rings (SSSR count). The molecule has 0 saturated heterocycles. The third-order valence-electron chi connectivity index (χ3n) is 2.90. The molecule has 20 heavy (non-hydrogen) atoms. The summed E-state index contributed by atoms with van der Waals surface area (Å²) < 4.78 is 1.11. The average Bonchev–Trinajstić information content (AvgIpc) is 2.47. The number of aryl methyl sites for hydroxylation is 1. The van der Waals surface area contributed by atoms with Crippen molar-refractivity contribution in [3.63, 3.8) is 0 Å². The van der Waals surface area contributed by atoms with Crippen LogP contribution in [0.4, 0.5) is 5.82 Å². The predicted molar refractivity (Wildman–Crippen MR) is 93.4 cm³/mol. The zero-order chi connectivity index (χ0) is 14.5. The van der Waals surface area contributed by atoms with Gasteiger partial charge in [0.1, 0.15) is 5.82 Å². The van der Waals surface area contributed by atoms with E-state index in [9.17, 15) is 0 Å². The van der Waals surface area contributed by atoms with E-state index in [-0.39, 0.29) is 0 Å². The van der Waals surface area contributed by atoms with Gasteiger partial charge in [-0.2, -0.15) is 0 Å². The number of rotatable bonds is 5. The lowest BCUT2D eigenvalue weighted by Crippen LogP contribution is -2.08. The van der Waals surface area contributed by atoms with Gasteiger partial charge in [0.15, 0.2) is 5.82 Å². The van der Waals surface area contributed by atoms with E-state index in [1.165, 1.54) is 0 Å². The molecule has 1 heterocycles. The van der Waals surface area contributed by atoms with Crippen molar-refractivity contribution in [1.82, 2.24) is 9.97 Å². The van der Waals surface area contributed by atoms with Gasteiger partial charge in [-0.05, 0) is 59.7 Å². The van der Waals surface area contributed by atoms with Gasteiger partial charge in [-0.3, -0.25) is 0 Å². The highest BCUT2D eigenvalue weighted by Crippen LogP contribution is 2.25. The lowest BCUT2D eigenvalue weighted by atomic mass is 10.2. The molecule has 0 unspecified atom stereocenters. The molecular weight excluding hydrogens is 385 g/mol. The predicted octanol–water partition coefficient (Wildman–Crippen LogP) is 4.79. The third kappa shape index (κ3) is 3.61. The van der Waals surface area contributed by atoms with Crippen LogP contribution in [0.15, 0.2) is 24.3 Å². The van der Waals surface area contributed by atoms with Crippen molar-refractivity contribution in [2.45, 2.75) is 26.7 Å². The van der Waals surface area contributed by atoms with Crippen molar-refractivity contribution in [3.8, 4) is 11.4 Å². The van der Waals surface area contributed by atoms with Gasteiger partial charge in [-0.15, -0.1) is 0 Å². The number of hydrogen-bond acceptors (Lipinski definition) is 3. The van der Waals surface area contributed by atoms with Crippen LogP contribution in [0.5, 0.6) is 0 Å². The molecule has 0 saturated carbocycles. The molecular formula is C15H17ClIN3. The van der Waals surface area contributed by atoms with Crippen LogP contribution >= 0.6 is 34.2 Å². The van der Waals surface area contributed by atoms with Gasteiger partial charge in [-0.25, -0.2) is 9.97 Å². The summed E-state index contributed by atoms with van der Waals surface area (Å²) in [5, 5.41) is 4.10. The molecule has 0 bridgehead atoms. The fourth-order valence-corrected chi connectivity index (χ4v) is 2.76. The van der Waals surface area contributed by atoms with Crippen LogP contribution in [0.3, 0.4) is 0 Å². The number of aromatic nitrogens is 2. The standard InChI is InChI=1S/C15H17ClIN3/c1-3-9-18-15-13(17)12(4-2)19-14(20-15)10-5-7-11(16)8-6-10/h5-8H,3-4,9H2,1-2H3,(H,18,19,20). The van der Waals surface area contributed by atoms with Crippen LogP contribution in [-0.2, 0) is 6.42 Å². The van der Waals surface area contributed by atoms with Crippen LogP contribution in [0.25, 0.3) is 11.4 Å². The minimum atomic E-state index is 0.722. The van der Waals surface area contributed by atoms with Gasteiger partial charge < -0.3 is 5.32 Å². The third-order valence-corrected chi connectivity index (χ3v) is 4.29. The second-order valence-electron chi connectivity index (χ2n) is 4.44. The Hall–Kier alpha value is -0.880. The summed E-state index contributed by atoms with van der Waals surface area (Å²) in [7, 11) is 0. The topological polar surface area (TPSA) is 37.8 Å².